The molecule has 0 fully saturated rings. The molecule has 4 rings (SSSR count). The summed E-state index contributed by atoms with van der Waals surface area (Å²) in [6, 6.07) is 3.31. The van der Waals surface area contributed by atoms with Gasteiger partial charge in [0.25, 0.3) is 11.1 Å². The monoisotopic (exact) mass is 295 g/mol. The van der Waals surface area contributed by atoms with Gasteiger partial charge in [-0.15, -0.1) is 10.2 Å². The first-order valence-electron chi connectivity index (χ1n) is 6.33. The Kier molecular flexibility index (Phi) is 2.37. The van der Waals surface area contributed by atoms with E-state index in [1.165, 1.54) is 34.4 Å². The molecule has 9 heteroatoms. The predicted molar refractivity (Wildman–Crippen MR) is 78.7 cm³/mol. The van der Waals surface area contributed by atoms with Crippen LogP contribution in [0.5, 0.6) is 0 Å². The molecule has 0 radical (unpaired) electrons. The maximum absolute atomic E-state index is 12.7. The van der Waals surface area contributed by atoms with E-state index in [0.29, 0.717) is 16.3 Å². The van der Waals surface area contributed by atoms with Crippen LogP contribution < -0.4 is 17.0 Å². The molecule has 2 N–H and O–H groups in total. The van der Waals surface area contributed by atoms with Crippen LogP contribution in [0.2, 0.25) is 0 Å². The largest absolute Gasteiger partial charge is 0.336 e. The van der Waals surface area contributed by atoms with E-state index in [1.54, 1.807) is 18.3 Å². The van der Waals surface area contributed by atoms with E-state index in [0.717, 1.165) is 4.68 Å². The van der Waals surface area contributed by atoms with Gasteiger partial charge in [0.2, 0.25) is 0 Å². The molecule has 0 spiro atoms. The summed E-state index contributed by atoms with van der Waals surface area (Å²) in [6.07, 6.45) is 7.21. The standard InChI is InChI=1S/C13H9N7O2/c14-19-3-1-8-9(12(19)21)5-15-10-2-4-20(13(22)11(8)10)18-6-16-17-7-18/h1-7H,14H2. The highest BCUT2D eigenvalue weighted by Gasteiger charge is 2.11. The highest BCUT2D eigenvalue weighted by Crippen LogP contribution is 2.17. The van der Waals surface area contributed by atoms with Gasteiger partial charge in [-0.05, 0) is 12.1 Å². The molecule has 0 aliphatic heterocycles. The zero-order chi connectivity index (χ0) is 15.3. The Balaban J connectivity index is 2.21. The number of hydrogen-bond donors (Lipinski definition) is 1. The van der Waals surface area contributed by atoms with Crippen LogP contribution in [0, 0.1) is 0 Å². The molecular formula is C13H9N7O2. The minimum absolute atomic E-state index is 0.288. The molecule has 0 bridgehead atoms. The van der Waals surface area contributed by atoms with Crippen LogP contribution in [0.3, 0.4) is 0 Å². The molecule has 108 valence electrons. The van der Waals surface area contributed by atoms with Crippen LogP contribution in [0.1, 0.15) is 0 Å². The zero-order valence-electron chi connectivity index (χ0n) is 11.1. The van der Waals surface area contributed by atoms with Gasteiger partial charge in [-0.2, -0.15) is 0 Å². The van der Waals surface area contributed by atoms with Gasteiger partial charge in [-0.3, -0.25) is 14.6 Å². The number of nitrogens with zero attached hydrogens (tertiary/aromatic N) is 6. The van der Waals surface area contributed by atoms with E-state index in [2.05, 4.69) is 15.2 Å². The zero-order valence-corrected chi connectivity index (χ0v) is 11.1. The van der Waals surface area contributed by atoms with Crippen molar-refractivity contribution in [3.8, 4) is 0 Å². The van der Waals surface area contributed by atoms with Gasteiger partial charge in [0.1, 0.15) is 12.7 Å². The highest BCUT2D eigenvalue weighted by molar-refractivity contribution is 6.04. The van der Waals surface area contributed by atoms with E-state index < -0.39 is 5.56 Å². The Morgan fingerprint density at radius 3 is 2.50 bits per heavy atom. The Hall–Kier alpha value is -3.49. The summed E-state index contributed by atoms with van der Waals surface area (Å²) < 4.78 is 3.72. The first-order chi connectivity index (χ1) is 10.7. The fraction of sp³-hybridized carbons (Fsp3) is 0. The lowest BCUT2D eigenvalue weighted by atomic mass is 10.1. The summed E-state index contributed by atoms with van der Waals surface area (Å²) >= 11 is 0. The molecule has 9 nitrogen and oxygen atoms in total. The summed E-state index contributed by atoms with van der Waals surface area (Å²) in [6.45, 7) is 0. The molecule has 0 aliphatic carbocycles. The van der Waals surface area contributed by atoms with Crippen molar-refractivity contribution in [2.24, 2.45) is 0 Å². The highest BCUT2D eigenvalue weighted by atomic mass is 16.1. The SMILES string of the molecule is Nn1ccc2c(cnc3ccn(-n4cnnc4)c(=O)c32)c1=O. The summed E-state index contributed by atoms with van der Waals surface area (Å²) in [5.74, 6) is 5.55. The molecular weight excluding hydrogens is 286 g/mol. The second-order valence-corrected chi connectivity index (χ2v) is 4.68. The molecule has 4 aromatic rings. The molecule has 0 aromatic carbocycles. The summed E-state index contributed by atoms with van der Waals surface area (Å²) in [5, 5.41) is 8.48. The summed E-state index contributed by atoms with van der Waals surface area (Å²) in [4.78, 5) is 29.0. The molecule has 4 aromatic heterocycles. The van der Waals surface area contributed by atoms with Crippen molar-refractivity contribution in [3.05, 3.63) is 64.1 Å². The maximum atomic E-state index is 12.7. The van der Waals surface area contributed by atoms with Crippen LogP contribution in [0.4, 0.5) is 0 Å². The van der Waals surface area contributed by atoms with Crippen molar-refractivity contribution >= 4 is 21.7 Å². The Morgan fingerprint density at radius 2 is 1.73 bits per heavy atom. The predicted octanol–water partition coefficient (Wildman–Crippen LogP) is -0.672. The van der Waals surface area contributed by atoms with Crippen molar-refractivity contribution in [2.75, 3.05) is 5.84 Å². The summed E-state index contributed by atoms with van der Waals surface area (Å²) in [7, 11) is 0. The molecule has 0 atom stereocenters. The molecule has 0 unspecified atom stereocenters. The molecule has 22 heavy (non-hydrogen) atoms. The fourth-order valence-electron chi connectivity index (χ4n) is 2.41. The van der Waals surface area contributed by atoms with Gasteiger partial charge in [0.15, 0.2) is 0 Å². The quantitative estimate of drug-likeness (QED) is 0.368. The Labute approximate surface area is 121 Å². The summed E-state index contributed by atoms with van der Waals surface area (Å²) in [5.41, 5.74) is -0.244. The number of rotatable bonds is 1. The third kappa shape index (κ3) is 1.56. The number of fused-ring (bicyclic) bond motifs is 3. The molecule has 0 amide bonds. The van der Waals surface area contributed by atoms with Gasteiger partial charge in [-0.1, -0.05) is 0 Å². The fourth-order valence-corrected chi connectivity index (χ4v) is 2.41. The van der Waals surface area contributed by atoms with E-state index in [1.807, 2.05) is 0 Å². The second kappa shape index (κ2) is 4.25. The average molecular weight is 295 g/mol. The van der Waals surface area contributed by atoms with Crippen molar-refractivity contribution in [1.29, 1.82) is 0 Å². The lowest BCUT2D eigenvalue weighted by Crippen LogP contribution is -2.28. The van der Waals surface area contributed by atoms with E-state index in [-0.39, 0.29) is 10.9 Å². The first-order valence-corrected chi connectivity index (χ1v) is 6.33. The maximum Gasteiger partial charge on any atom is 0.279 e. The van der Waals surface area contributed by atoms with Crippen molar-refractivity contribution in [2.45, 2.75) is 0 Å². The van der Waals surface area contributed by atoms with E-state index in [9.17, 15) is 9.59 Å². The van der Waals surface area contributed by atoms with Crippen LogP contribution in [-0.2, 0) is 0 Å². The van der Waals surface area contributed by atoms with Gasteiger partial charge in [0, 0.05) is 24.0 Å². The third-order valence-corrected chi connectivity index (χ3v) is 3.47. The third-order valence-electron chi connectivity index (χ3n) is 3.47. The number of hydrogen-bond acceptors (Lipinski definition) is 6. The normalized spacial score (nSPS) is 11.3. The van der Waals surface area contributed by atoms with Crippen molar-refractivity contribution in [3.63, 3.8) is 0 Å². The Bertz CT molecular complexity index is 1120. The van der Waals surface area contributed by atoms with Gasteiger partial charge in [0.05, 0.1) is 16.3 Å². The van der Waals surface area contributed by atoms with Gasteiger partial charge >= 0.3 is 0 Å². The average Bonchev–Trinajstić information content (AvgIpc) is 3.05. The number of nitrogens with two attached hydrogens (primary N) is 1. The smallest absolute Gasteiger partial charge is 0.279 e. The first kappa shape index (κ1) is 12.3. The topological polar surface area (TPSA) is 114 Å². The molecule has 0 aliphatic rings. The number of pyridine rings is 3. The minimum Gasteiger partial charge on any atom is -0.336 e. The molecule has 4 heterocycles. The molecule has 0 saturated heterocycles. The van der Waals surface area contributed by atoms with Crippen LogP contribution >= 0.6 is 0 Å². The van der Waals surface area contributed by atoms with Crippen LogP contribution in [0.15, 0.2) is 53.0 Å². The van der Waals surface area contributed by atoms with Gasteiger partial charge < -0.3 is 5.84 Å². The second-order valence-electron chi connectivity index (χ2n) is 4.68. The van der Waals surface area contributed by atoms with Gasteiger partial charge in [-0.25, -0.2) is 14.0 Å². The number of nitrogen functional groups attached to an aromatic ring is 1. The Morgan fingerprint density at radius 1 is 0.955 bits per heavy atom. The minimum atomic E-state index is -0.411. The van der Waals surface area contributed by atoms with Crippen LogP contribution in [0.25, 0.3) is 21.7 Å². The lowest BCUT2D eigenvalue weighted by molar-refractivity contribution is 0.633. The lowest BCUT2D eigenvalue weighted by Gasteiger charge is -2.08. The number of aromatic nitrogens is 6. The van der Waals surface area contributed by atoms with Crippen molar-refractivity contribution < 1.29 is 0 Å². The van der Waals surface area contributed by atoms with E-state index in [4.69, 9.17) is 5.84 Å². The van der Waals surface area contributed by atoms with Crippen LogP contribution in [-0.4, -0.2) is 29.2 Å². The molecule has 0 saturated carbocycles. The van der Waals surface area contributed by atoms with Crippen molar-refractivity contribution in [1.82, 2.24) is 29.2 Å². The van der Waals surface area contributed by atoms with E-state index >= 15 is 0 Å².